The highest BCUT2D eigenvalue weighted by Crippen LogP contribution is 2.22. The van der Waals surface area contributed by atoms with Gasteiger partial charge in [0, 0.05) is 24.0 Å². The lowest BCUT2D eigenvalue weighted by Gasteiger charge is -2.20. The summed E-state index contributed by atoms with van der Waals surface area (Å²) in [5.74, 6) is 0.932. The number of amides is 1. The normalized spacial score (nSPS) is 20.1. The highest BCUT2D eigenvalue weighted by Gasteiger charge is 2.21. The van der Waals surface area contributed by atoms with E-state index in [0.29, 0.717) is 0 Å². The van der Waals surface area contributed by atoms with E-state index in [1.54, 1.807) is 6.20 Å². The van der Waals surface area contributed by atoms with Gasteiger partial charge in [-0.05, 0) is 37.3 Å². The van der Waals surface area contributed by atoms with Crippen LogP contribution in [0.15, 0.2) is 24.4 Å². The fraction of sp³-hybridized carbons (Fsp3) is 0.500. The first-order valence-corrected chi connectivity index (χ1v) is 7.50. The van der Waals surface area contributed by atoms with Gasteiger partial charge >= 0.3 is 0 Å². The first kappa shape index (κ1) is 13.2. The summed E-state index contributed by atoms with van der Waals surface area (Å²) >= 11 is 0. The zero-order chi connectivity index (χ0) is 13.9. The third-order valence-electron chi connectivity index (χ3n) is 4.40. The molecule has 1 N–H and O–H groups in total. The molecule has 1 fully saturated rings. The highest BCUT2D eigenvalue weighted by molar-refractivity contribution is 5.97. The zero-order valence-corrected chi connectivity index (χ0v) is 11.9. The molecule has 0 aliphatic carbocycles. The van der Waals surface area contributed by atoms with Crippen molar-refractivity contribution in [2.45, 2.75) is 32.6 Å². The van der Waals surface area contributed by atoms with Crippen molar-refractivity contribution in [2.24, 2.45) is 5.92 Å². The summed E-state index contributed by atoms with van der Waals surface area (Å²) in [6.07, 6.45) is 6.51. The molecule has 1 saturated heterocycles. The number of aromatic amines is 1. The molecule has 2 heterocycles. The van der Waals surface area contributed by atoms with Gasteiger partial charge in [-0.25, -0.2) is 0 Å². The number of fused-ring (bicyclic) bond motifs is 1. The van der Waals surface area contributed by atoms with E-state index in [1.165, 1.54) is 12.8 Å². The Morgan fingerprint density at radius 3 is 3.15 bits per heavy atom. The first-order valence-electron chi connectivity index (χ1n) is 7.50. The van der Waals surface area contributed by atoms with Crippen molar-refractivity contribution in [3.63, 3.8) is 0 Å². The van der Waals surface area contributed by atoms with Gasteiger partial charge in [0.05, 0.1) is 11.7 Å². The lowest BCUT2D eigenvalue weighted by Crippen LogP contribution is -2.32. The smallest absolute Gasteiger partial charge is 0.253 e. The monoisotopic (exact) mass is 271 g/mol. The van der Waals surface area contributed by atoms with Crippen LogP contribution in [0.25, 0.3) is 10.9 Å². The van der Waals surface area contributed by atoms with Crippen molar-refractivity contribution in [3.8, 4) is 0 Å². The van der Waals surface area contributed by atoms with Gasteiger partial charge in [-0.3, -0.25) is 9.89 Å². The molecule has 4 heteroatoms. The average Bonchev–Trinajstić information content (AvgIpc) is 2.81. The van der Waals surface area contributed by atoms with Gasteiger partial charge in [0.2, 0.25) is 0 Å². The Balaban J connectivity index is 1.77. The van der Waals surface area contributed by atoms with E-state index in [2.05, 4.69) is 17.1 Å². The lowest BCUT2D eigenvalue weighted by molar-refractivity contribution is 0.0760. The number of hydrogen-bond acceptors (Lipinski definition) is 2. The lowest BCUT2D eigenvalue weighted by atomic mass is 9.98. The van der Waals surface area contributed by atoms with Gasteiger partial charge in [0.15, 0.2) is 0 Å². The molecule has 2 aromatic rings. The molecule has 1 unspecified atom stereocenters. The van der Waals surface area contributed by atoms with E-state index in [0.717, 1.165) is 48.3 Å². The minimum absolute atomic E-state index is 0.151. The molecule has 1 aliphatic heterocycles. The first-order chi connectivity index (χ1) is 9.78. The van der Waals surface area contributed by atoms with Crippen molar-refractivity contribution in [2.75, 3.05) is 13.1 Å². The molecule has 1 amide bonds. The summed E-state index contributed by atoms with van der Waals surface area (Å²) in [6, 6.07) is 5.77. The van der Waals surface area contributed by atoms with Crippen LogP contribution in [0.2, 0.25) is 0 Å². The molecule has 1 aliphatic rings. The molecule has 3 rings (SSSR count). The minimum atomic E-state index is 0.151. The fourth-order valence-electron chi connectivity index (χ4n) is 3.03. The topological polar surface area (TPSA) is 49.0 Å². The number of nitrogens with one attached hydrogen (secondary N) is 1. The Kier molecular flexibility index (Phi) is 3.72. The van der Waals surface area contributed by atoms with Gasteiger partial charge < -0.3 is 4.90 Å². The second-order valence-corrected chi connectivity index (χ2v) is 5.67. The number of rotatable bonds is 2. The summed E-state index contributed by atoms with van der Waals surface area (Å²) in [4.78, 5) is 14.6. The number of benzene rings is 1. The predicted molar refractivity (Wildman–Crippen MR) is 79.6 cm³/mol. The Hall–Kier alpha value is -1.84. The number of carbonyl (C=O) groups is 1. The molecule has 1 aromatic heterocycles. The third kappa shape index (κ3) is 2.55. The average molecular weight is 271 g/mol. The molecular formula is C16H21N3O. The quantitative estimate of drug-likeness (QED) is 0.911. The van der Waals surface area contributed by atoms with Crippen molar-refractivity contribution in [1.82, 2.24) is 15.1 Å². The van der Waals surface area contributed by atoms with Crippen molar-refractivity contribution >= 4 is 16.8 Å². The van der Waals surface area contributed by atoms with E-state index in [1.807, 2.05) is 23.1 Å². The van der Waals surface area contributed by atoms with Crippen LogP contribution < -0.4 is 0 Å². The maximum absolute atomic E-state index is 12.6. The van der Waals surface area contributed by atoms with Crippen LogP contribution in [0.4, 0.5) is 0 Å². The van der Waals surface area contributed by atoms with Crippen LogP contribution in [0.3, 0.4) is 0 Å². The molecular weight excluding hydrogens is 250 g/mol. The van der Waals surface area contributed by atoms with E-state index < -0.39 is 0 Å². The van der Waals surface area contributed by atoms with E-state index >= 15 is 0 Å². The number of likely N-dealkylation sites (tertiary alicyclic amines) is 1. The van der Waals surface area contributed by atoms with Crippen LogP contribution in [0.1, 0.15) is 43.0 Å². The second kappa shape index (κ2) is 5.65. The molecule has 20 heavy (non-hydrogen) atoms. The van der Waals surface area contributed by atoms with E-state index in [-0.39, 0.29) is 5.91 Å². The molecule has 0 spiro atoms. The zero-order valence-electron chi connectivity index (χ0n) is 11.9. The van der Waals surface area contributed by atoms with Gasteiger partial charge in [-0.1, -0.05) is 19.4 Å². The van der Waals surface area contributed by atoms with Gasteiger partial charge in [-0.15, -0.1) is 0 Å². The summed E-state index contributed by atoms with van der Waals surface area (Å²) < 4.78 is 0. The molecule has 1 aromatic carbocycles. The van der Waals surface area contributed by atoms with Crippen molar-refractivity contribution in [3.05, 3.63) is 30.0 Å². The molecule has 0 saturated carbocycles. The van der Waals surface area contributed by atoms with Crippen LogP contribution in [-0.4, -0.2) is 34.1 Å². The standard InChI is InChI=1S/C16H21N3O/c1-2-12-4-3-8-19(9-7-12)16(20)13-5-6-14-11-17-18-15(14)10-13/h5-6,10-12H,2-4,7-9H2,1H3,(H,17,18). The summed E-state index contributed by atoms with van der Waals surface area (Å²) in [7, 11) is 0. The summed E-state index contributed by atoms with van der Waals surface area (Å²) in [5.41, 5.74) is 1.69. The van der Waals surface area contributed by atoms with Crippen LogP contribution in [0, 0.1) is 5.92 Å². The Morgan fingerprint density at radius 2 is 2.30 bits per heavy atom. The summed E-state index contributed by atoms with van der Waals surface area (Å²) in [6.45, 7) is 4.02. The number of nitrogens with zero attached hydrogens (tertiary/aromatic N) is 2. The molecule has 4 nitrogen and oxygen atoms in total. The van der Waals surface area contributed by atoms with Crippen LogP contribution in [0.5, 0.6) is 0 Å². The van der Waals surface area contributed by atoms with Crippen LogP contribution in [-0.2, 0) is 0 Å². The number of hydrogen-bond donors (Lipinski definition) is 1. The fourth-order valence-corrected chi connectivity index (χ4v) is 3.03. The van der Waals surface area contributed by atoms with Crippen molar-refractivity contribution in [1.29, 1.82) is 0 Å². The molecule has 106 valence electrons. The van der Waals surface area contributed by atoms with Gasteiger partial charge in [-0.2, -0.15) is 5.10 Å². The largest absolute Gasteiger partial charge is 0.339 e. The maximum Gasteiger partial charge on any atom is 0.253 e. The Bertz CT molecular complexity index is 605. The number of carbonyl (C=O) groups excluding carboxylic acids is 1. The Labute approximate surface area is 119 Å². The Morgan fingerprint density at radius 1 is 1.40 bits per heavy atom. The molecule has 0 radical (unpaired) electrons. The summed E-state index contributed by atoms with van der Waals surface area (Å²) in [5, 5.41) is 7.97. The van der Waals surface area contributed by atoms with Gasteiger partial charge in [0.1, 0.15) is 0 Å². The number of aromatic nitrogens is 2. The highest BCUT2D eigenvalue weighted by atomic mass is 16.2. The third-order valence-corrected chi connectivity index (χ3v) is 4.40. The predicted octanol–water partition coefficient (Wildman–Crippen LogP) is 3.22. The SMILES string of the molecule is CCC1CCCN(C(=O)c2ccc3cn[nH]c3c2)CC1. The molecule has 0 bridgehead atoms. The molecule has 1 atom stereocenters. The van der Waals surface area contributed by atoms with Gasteiger partial charge in [0.25, 0.3) is 5.91 Å². The number of H-pyrrole nitrogens is 1. The maximum atomic E-state index is 12.6. The van der Waals surface area contributed by atoms with Crippen molar-refractivity contribution < 1.29 is 4.79 Å². The minimum Gasteiger partial charge on any atom is -0.339 e. The van der Waals surface area contributed by atoms with E-state index in [9.17, 15) is 4.79 Å². The van der Waals surface area contributed by atoms with E-state index in [4.69, 9.17) is 0 Å². The second-order valence-electron chi connectivity index (χ2n) is 5.67. The van der Waals surface area contributed by atoms with Crippen LogP contribution >= 0.6 is 0 Å².